The Hall–Kier alpha value is -2.22. The normalized spacial score (nSPS) is 18.9. The number of likely N-dealkylation sites (tertiary alicyclic amines) is 1. The van der Waals surface area contributed by atoms with Crippen LogP contribution in [0.25, 0.3) is 0 Å². The molecule has 0 aromatic carbocycles. The number of nitrogens with zero attached hydrogens (tertiary/aromatic N) is 4. The van der Waals surface area contributed by atoms with E-state index in [1.54, 1.807) is 0 Å². The number of primary amides is 1. The summed E-state index contributed by atoms with van der Waals surface area (Å²) in [5.74, 6) is 0.532. The van der Waals surface area contributed by atoms with Crippen LogP contribution in [0.2, 0.25) is 0 Å². The summed E-state index contributed by atoms with van der Waals surface area (Å²) in [6, 6.07) is -0.000365. The van der Waals surface area contributed by atoms with Gasteiger partial charge in [-0.05, 0) is 32.7 Å². The smallest absolute Gasteiger partial charge is 0.290 e. The zero-order valence-electron chi connectivity index (χ0n) is 12.7. The minimum atomic E-state index is -0.678. The number of aryl methyl sites for hydroxylation is 2. The van der Waals surface area contributed by atoms with Crippen molar-refractivity contribution in [3.63, 3.8) is 0 Å². The standard InChI is InChI=1S/C14H19N5O3/c1-3-10-9(8(2)21-17-10)7-19-6-4-5-11(19)14-16-13(12(15)20)18-22-14/h11H,3-7H2,1-2H3,(H2,15,20). The van der Waals surface area contributed by atoms with Crippen LogP contribution in [0.5, 0.6) is 0 Å². The van der Waals surface area contributed by atoms with Crippen LogP contribution in [0.1, 0.15) is 59.3 Å². The maximum Gasteiger partial charge on any atom is 0.290 e. The first-order valence-corrected chi connectivity index (χ1v) is 7.41. The van der Waals surface area contributed by atoms with Crippen LogP contribution < -0.4 is 5.73 Å². The average Bonchev–Trinajstić information content (AvgIpc) is 3.20. The molecule has 1 aliphatic rings. The second-order valence-electron chi connectivity index (χ2n) is 5.47. The molecule has 0 bridgehead atoms. The highest BCUT2D eigenvalue weighted by molar-refractivity contribution is 5.88. The van der Waals surface area contributed by atoms with Crippen LogP contribution in [0.15, 0.2) is 9.05 Å². The van der Waals surface area contributed by atoms with E-state index in [0.29, 0.717) is 5.89 Å². The van der Waals surface area contributed by atoms with E-state index in [-0.39, 0.29) is 11.9 Å². The lowest BCUT2D eigenvalue weighted by atomic mass is 10.1. The number of aromatic nitrogens is 3. The van der Waals surface area contributed by atoms with Gasteiger partial charge in [0.05, 0.1) is 11.7 Å². The zero-order valence-corrected chi connectivity index (χ0v) is 12.7. The molecule has 22 heavy (non-hydrogen) atoms. The first-order chi connectivity index (χ1) is 10.6. The summed E-state index contributed by atoms with van der Waals surface area (Å²) >= 11 is 0. The van der Waals surface area contributed by atoms with Gasteiger partial charge in [0.25, 0.3) is 11.7 Å². The highest BCUT2D eigenvalue weighted by Crippen LogP contribution is 2.33. The molecule has 1 aliphatic heterocycles. The van der Waals surface area contributed by atoms with E-state index in [1.807, 2.05) is 6.92 Å². The van der Waals surface area contributed by atoms with Crippen molar-refractivity contribution in [2.75, 3.05) is 6.54 Å². The van der Waals surface area contributed by atoms with E-state index in [9.17, 15) is 4.79 Å². The van der Waals surface area contributed by atoms with Crippen LogP contribution in [0.4, 0.5) is 0 Å². The molecule has 1 unspecified atom stereocenters. The zero-order chi connectivity index (χ0) is 15.7. The largest absolute Gasteiger partial charge is 0.363 e. The highest BCUT2D eigenvalue weighted by atomic mass is 16.5. The van der Waals surface area contributed by atoms with Gasteiger partial charge in [0, 0.05) is 12.1 Å². The number of carbonyl (C=O) groups excluding carboxylic acids is 1. The second kappa shape index (κ2) is 5.88. The van der Waals surface area contributed by atoms with Crippen molar-refractivity contribution >= 4 is 5.91 Å². The van der Waals surface area contributed by atoms with Crippen molar-refractivity contribution in [1.82, 2.24) is 20.2 Å². The SMILES string of the molecule is CCc1noc(C)c1CN1CCCC1c1nc(C(N)=O)no1. The Labute approximate surface area is 127 Å². The maximum absolute atomic E-state index is 11.1. The van der Waals surface area contributed by atoms with E-state index in [0.717, 1.165) is 49.4 Å². The molecule has 2 N–H and O–H groups in total. The van der Waals surface area contributed by atoms with Crippen molar-refractivity contribution in [1.29, 1.82) is 0 Å². The van der Waals surface area contributed by atoms with Crippen molar-refractivity contribution in [2.45, 2.75) is 45.7 Å². The fraction of sp³-hybridized carbons (Fsp3) is 0.571. The van der Waals surface area contributed by atoms with Crippen molar-refractivity contribution in [3.05, 3.63) is 28.7 Å². The van der Waals surface area contributed by atoms with Gasteiger partial charge in [0.15, 0.2) is 0 Å². The molecule has 2 aromatic heterocycles. The van der Waals surface area contributed by atoms with E-state index >= 15 is 0 Å². The minimum absolute atomic E-state index is 0.000365. The third-order valence-corrected chi connectivity index (χ3v) is 4.07. The Bertz CT molecular complexity index is 678. The number of amides is 1. The van der Waals surface area contributed by atoms with Gasteiger partial charge in [-0.25, -0.2) is 0 Å². The van der Waals surface area contributed by atoms with Gasteiger partial charge in [-0.15, -0.1) is 0 Å². The molecule has 1 amide bonds. The lowest BCUT2D eigenvalue weighted by molar-refractivity contribution is 0.0987. The quantitative estimate of drug-likeness (QED) is 0.887. The van der Waals surface area contributed by atoms with Gasteiger partial charge in [0.2, 0.25) is 5.89 Å². The lowest BCUT2D eigenvalue weighted by Crippen LogP contribution is -2.24. The fourth-order valence-corrected chi connectivity index (χ4v) is 2.89. The van der Waals surface area contributed by atoms with E-state index in [4.69, 9.17) is 14.8 Å². The minimum Gasteiger partial charge on any atom is -0.363 e. The molecular weight excluding hydrogens is 286 g/mol. The number of rotatable bonds is 5. The number of carbonyl (C=O) groups is 1. The molecule has 0 aliphatic carbocycles. The average molecular weight is 305 g/mol. The second-order valence-corrected chi connectivity index (χ2v) is 5.47. The molecule has 1 atom stereocenters. The number of nitrogens with two attached hydrogens (primary N) is 1. The van der Waals surface area contributed by atoms with Gasteiger partial charge >= 0.3 is 0 Å². The molecule has 3 heterocycles. The Kier molecular flexibility index (Phi) is 3.93. The molecule has 1 saturated heterocycles. The number of hydrogen-bond acceptors (Lipinski definition) is 7. The molecule has 0 saturated carbocycles. The van der Waals surface area contributed by atoms with E-state index in [2.05, 4.69) is 27.1 Å². The summed E-state index contributed by atoms with van der Waals surface area (Å²) in [6.45, 7) is 5.62. The Morgan fingerprint density at radius 2 is 2.23 bits per heavy atom. The molecule has 8 nitrogen and oxygen atoms in total. The van der Waals surface area contributed by atoms with Crippen LogP contribution in [0.3, 0.4) is 0 Å². The van der Waals surface area contributed by atoms with Gasteiger partial charge in [-0.3, -0.25) is 9.69 Å². The fourth-order valence-electron chi connectivity index (χ4n) is 2.89. The van der Waals surface area contributed by atoms with E-state index in [1.165, 1.54) is 0 Å². The van der Waals surface area contributed by atoms with E-state index < -0.39 is 5.91 Å². The van der Waals surface area contributed by atoms with Crippen LogP contribution in [-0.2, 0) is 13.0 Å². The van der Waals surface area contributed by atoms with Gasteiger partial charge in [-0.1, -0.05) is 17.2 Å². The monoisotopic (exact) mass is 305 g/mol. The van der Waals surface area contributed by atoms with Crippen LogP contribution in [0, 0.1) is 6.92 Å². The summed E-state index contributed by atoms with van der Waals surface area (Å²) in [5, 5.41) is 7.71. The first-order valence-electron chi connectivity index (χ1n) is 7.41. The Morgan fingerprint density at radius 1 is 1.41 bits per heavy atom. The molecule has 0 radical (unpaired) electrons. The van der Waals surface area contributed by atoms with Crippen molar-refractivity contribution in [2.24, 2.45) is 5.73 Å². The van der Waals surface area contributed by atoms with Gasteiger partial charge < -0.3 is 14.8 Å². The highest BCUT2D eigenvalue weighted by Gasteiger charge is 2.32. The molecular formula is C14H19N5O3. The summed E-state index contributed by atoms with van der Waals surface area (Å²) in [5.41, 5.74) is 7.26. The maximum atomic E-state index is 11.1. The number of hydrogen-bond donors (Lipinski definition) is 1. The molecule has 118 valence electrons. The lowest BCUT2D eigenvalue weighted by Gasteiger charge is -2.21. The molecule has 0 spiro atoms. The Balaban J connectivity index is 1.80. The predicted octanol–water partition coefficient (Wildman–Crippen LogP) is 1.36. The predicted molar refractivity (Wildman–Crippen MR) is 75.8 cm³/mol. The van der Waals surface area contributed by atoms with Crippen LogP contribution in [-0.4, -0.2) is 32.6 Å². The Morgan fingerprint density at radius 3 is 2.91 bits per heavy atom. The van der Waals surface area contributed by atoms with Crippen molar-refractivity contribution in [3.8, 4) is 0 Å². The summed E-state index contributed by atoms with van der Waals surface area (Å²) in [7, 11) is 0. The summed E-state index contributed by atoms with van der Waals surface area (Å²) in [6.07, 6.45) is 2.77. The topological polar surface area (TPSA) is 111 Å². The van der Waals surface area contributed by atoms with Crippen molar-refractivity contribution < 1.29 is 13.8 Å². The summed E-state index contributed by atoms with van der Waals surface area (Å²) < 4.78 is 10.5. The van der Waals surface area contributed by atoms with Crippen LogP contribution >= 0.6 is 0 Å². The van der Waals surface area contributed by atoms with Gasteiger partial charge in [0.1, 0.15) is 5.76 Å². The molecule has 1 fully saturated rings. The van der Waals surface area contributed by atoms with Gasteiger partial charge in [-0.2, -0.15) is 4.98 Å². The molecule has 3 rings (SSSR count). The molecule has 2 aromatic rings. The summed E-state index contributed by atoms with van der Waals surface area (Å²) in [4.78, 5) is 17.4. The third kappa shape index (κ3) is 2.61. The first kappa shape index (κ1) is 14.7. The molecule has 8 heteroatoms. The third-order valence-electron chi connectivity index (χ3n) is 4.07.